The van der Waals surface area contributed by atoms with Gasteiger partial charge >= 0.3 is 0 Å². The van der Waals surface area contributed by atoms with Crippen LogP contribution in [0, 0.1) is 11.8 Å². The fraction of sp³-hybridized carbons (Fsp3) is 0.917. The quantitative estimate of drug-likeness (QED) is 0.754. The Hall–Kier alpha value is -0.610. The number of carbonyl (C=O) groups is 1. The zero-order valence-corrected chi connectivity index (χ0v) is 10.7. The molecule has 0 bridgehead atoms. The fourth-order valence-corrected chi connectivity index (χ4v) is 1.57. The van der Waals surface area contributed by atoms with E-state index in [0.717, 1.165) is 19.6 Å². The highest BCUT2D eigenvalue weighted by Crippen LogP contribution is 2.07. The van der Waals surface area contributed by atoms with Gasteiger partial charge in [0.15, 0.2) is 0 Å². The Morgan fingerprint density at radius 2 is 1.94 bits per heavy atom. The number of nitrogens with one attached hydrogen (secondary N) is 1. The third kappa shape index (κ3) is 4.49. The lowest BCUT2D eigenvalue weighted by molar-refractivity contribution is -0.134. The van der Waals surface area contributed by atoms with Crippen LogP contribution in [0.4, 0.5) is 0 Å². The summed E-state index contributed by atoms with van der Waals surface area (Å²) in [5.41, 5.74) is 0. The zero-order chi connectivity index (χ0) is 12.0. The van der Waals surface area contributed by atoms with Gasteiger partial charge in [0.25, 0.3) is 0 Å². The van der Waals surface area contributed by atoms with Crippen molar-refractivity contribution in [2.45, 2.75) is 20.8 Å². The molecule has 0 aromatic rings. The molecule has 0 radical (unpaired) electrons. The number of nitrogens with zero attached hydrogens (tertiary/aromatic N) is 1. The number of carbonyl (C=O) groups excluding carboxylic acids is 1. The topological polar surface area (TPSA) is 41.6 Å². The second-order valence-electron chi connectivity index (χ2n) is 4.85. The van der Waals surface area contributed by atoms with Crippen LogP contribution in [0.15, 0.2) is 0 Å². The Bertz CT molecular complexity index is 213. The molecule has 1 heterocycles. The Kier molecular flexibility index (Phi) is 5.77. The SMILES string of the molecule is CC(C)C(C)CNCC(=O)N1CCOCC1. The molecule has 1 aliphatic rings. The molecule has 0 aromatic carbocycles. The summed E-state index contributed by atoms with van der Waals surface area (Å²) in [5.74, 6) is 1.46. The Morgan fingerprint density at radius 1 is 1.31 bits per heavy atom. The van der Waals surface area contributed by atoms with Gasteiger partial charge in [0, 0.05) is 13.1 Å². The van der Waals surface area contributed by atoms with Crippen LogP contribution in [0.5, 0.6) is 0 Å². The predicted octanol–water partition coefficient (Wildman–Crippen LogP) is 0.727. The van der Waals surface area contributed by atoms with Crippen molar-refractivity contribution in [3.8, 4) is 0 Å². The van der Waals surface area contributed by atoms with Gasteiger partial charge < -0.3 is 15.0 Å². The van der Waals surface area contributed by atoms with Gasteiger partial charge in [-0.15, -0.1) is 0 Å². The van der Waals surface area contributed by atoms with Crippen molar-refractivity contribution in [1.29, 1.82) is 0 Å². The van der Waals surface area contributed by atoms with Gasteiger partial charge in [0.1, 0.15) is 0 Å². The highest BCUT2D eigenvalue weighted by atomic mass is 16.5. The second-order valence-corrected chi connectivity index (χ2v) is 4.85. The first kappa shape index (κ1) is 13.5. The smallest absolute Gasteiger partial charge is 0.236 e. The van der Waals surface area contributed by atoms with Crippen molar-refractivity contribution in [3.05, 3.63) is 0 Å². The summed E-state index contributed by atoms with van der Waals surface area (Å²) in [4.78, 5) is 13.6. The van der Waals surface area contributed by atoms with E-state index in [1.807, 2.05) is 4.90 Å². The van der Waals surface area contributed by atoms with E-state index in [1.54, 1.807) is 0 Å². The molecule has 0 aliphatic carbocycles. The minimum absolute atomic E-state index is 0.194. The maximum atomic E-state index is 11.8. The normalized spacial score (nSPS) is 18.9. The van der Waals surface area contributed by atoms with Crippen LogP contribution in [0.25, 0.3) is 0 Å². The molecule has 0 aromatic heterocycles. The molecule has 0 spiro atoms. The molecule has 1 N–H and O–H groups in total. The van der Waals surface area contributed by atoms with Gasteiger partial charge in [-0.05, 0) is 18.4 Å². The lowest BCUT2D eigenvalue weighted by Gasteiger charge is -2.27. The van der Waals surface area contributed by atoms with Crippen LogP contribution >= 0.6 is 0 Å². The van der Waals surface area contributed by atoms with Gasteiger partial charge in [-0.2, -0.15) is 0 Å². The maximum absolute atomic E-state index is 11.8. The number of rotatable bonds is 5. The Labute approximate surface area is 98.3 Å². The summed E-state index contributed by atoms with van der Waals surface area (Å²) >= 11 is 0. The van der Waals surface area contributed by atoms with E-state index in [4.69, 9.17) is 4.74 Å². The summed E-state index contributed by atoms with van der Waals surface area (Å²) in [5, 5.41) is 3.23. The van der Waals surface area contributed by atoms with E-state index in [0.29, 0.717) is 31.6 Å². The number of ether oxygens (including phenoxy) is 1. The Balaban J connectivity index is 2.14. The number of amides is 1. The fourth-order valence-electron chi connectivity index (χ4n) is 1.57. The molecular weight excluding hydrogens is 204 g/mol. The first-order chi connectivity index (χ1) is 7.61. The second kappa shape index (κ2) is 6.86. The summed E-state index contributed by atoms with van der Waals surface area (Å²) in [6, 6.07) is 0. The van der Waals surface area contributed by atoms with Crippen LogP contribution in [-0.4, -0.2) is 50.2 Å². The van der Waals surface area contributed by atoms with E-state index in [1.165, 1.54) is 0 Å². The Morgan fingerprint density at radius 3 is 2.50 bits per heavy atom. The lowest BCUT2D eigenvalue weighted by atomic mass is 9.98. The molecule has 94 valence electrons. The van der Waals surface area contributed by atoms with Crippen LogP contribution in [0.3, 0.4) is 0 Å². The van der Waals surface area contributed by atoms with E-state index < -0.39 is 0 Å². The maximum Gasteiger partial charge on any atom is 0.236 e. The molecule has 1 saturated heterocycles. The van der Waals surface area contributed by atoms with Gasteiger partial charge in [-0.3, -0.25) is 4.79 Å². The predicted molar refractivity (Wildman–Crippen MR) is 64.3 cm³/mol. The molecule has 4 nitrogen and oxygen atoms in total. The van der Waals surface area contributed by atoms with Crippen LogP contribution in [0.1, 0.15) is 20.8 Å². The first-order valence-electron chi connectivity index (χ1n) is 6.17. The molecule has 1 atom stereocenters. The van der Waals surface area contributed by atoms with Crippen LogP contribution < -0.4 is 5.32 Å². The van der Waals surface area contributed by atoms with Crippen molar-refractivity contribution >= 4 is 5.91 Å². The number of hydrogen-bond acceptors (Lipinski definition) is 3. The first-order valence-corrected chi connectivity index (χ1v) is 6.17. The van der Waals surface area contributed by atoms with Crippen molar-refractivity contribution in [2.75, 3.05) is 39.4 Å². The molecule has 1 fully saturated rings. The summed E-state index contributed by atoms with van der Waals surface area (Å²) in [6.45, 7) is 10.8. The van der Waals surface area contributed by atoms with Crippen LogP contribution in [0.2, 0.25) is 0 Å². The average Bonchev–Trinajstić information content (AvgIpc) is 2.29. The molecule has 16 heavy (non-hydrogen) atoms. The van der Waals surface area contributed by atoms with Crippen molar-refractivity contribution < 1.29 is 9.53 Å². The van der Waals surface area contributed by atoms with Gasteiger partial charge in [0.2, 0.25) is 5.91 Å². The van der Waals surface area contributed by atoms with E-state index >= 15 is 0 Å². The number of morpholine rings is 1. The lowest BCUT2D eigenvalue weighted by Crippen LogP contribution is -2.45. The third-order valence-corrected chi connectivity index (χ3v) is 3.24. The van der Waals surface area contributed by atoms with E-state index in [9.17, 15) is 4.79 Å². The highest BCUT2D eigenvalue weighted by molar-refractivity contribution is 5.78. The molecular formula is C12H24N2O2. The monoisotopic (exact) mass is 228 g/mol. The summed E-state index contributed by atoms with van der Waals surface area (Å²) in [7, 11) is 0. The largest absolute Gasteiger partial charge is 0.378 e. The summed E-state index contributed by atoms with van der Waals surface area (Å²) in [6.07, 6.45) is 0. The molecule has 1 aliphatic heterocycles. The van der Waals surface area contributed by atoms with Gasteiger partial charge in [0.05, 0.1) is 19.8 Å². The van der Waals surface area contributed by atoms with Crippen molar-refractivity contribution in [1.82, 2.24) is 10.2 Å². The molecule has 1 amide bonds. The van der Waals surface area contributed by atoms with Crippen molar-refractivity contribution in [2.24, 2.45) is 11.8 Å². The third-order valence-electron chi connectivity index (χ3n) is 3.24. The molecule has 1 unspecified atom stereocenters. The van der Waals surface area contributed by atoms with Gasteiger partial charge in [-0.1, -0.05) is 20.8 Å². The minimum Gasteiger partial charge on any atom is -0.378 e. The molecule has 0 saturated carbocycles. The van der Waals surface area contributed by atoms with Crippen LogP contribution in [-0.2, 0) is 9.53 Å². The summed E-state index contributed by atoms with van der Waals surface area (Å²) < 4.78 is 5.21. The zero-order valence-electron chi connectivity index (χ0n) is 10.7. The standard InChI is InChI=1S/C12H24N2O2/c1-10(2)11(3)8-13-9-12(15)14-4-6-16-7-5-14/h10-11,13H,4-9H2,1-3H3. The van der Waals surface area contributed by atoms with Crippen molar-refractivity contribution in [3.63, 3.8) is 0 Å². The average molecular weight is 228 g/mol. The minimum atomic E-state index is 0.194. The highest BCUT2D eigenvalue weighted by Gasteiger charge is 2.16. The van der Waals surface area contributed by atoms with Gasteiger partial charge in [-0.25, -0.2) is 0 Å². The number of hydrogen-bond donors (Lipinski definition) is 1. The molecule has 1 rings (SSSR count). The van der Waals surface area contributed by atoms with E-state index in [2.05, 4.69) is 26.1 Å². The molecule has 4 heteroatoms. The van der Waals surface area contributed by atoms with E-state index in [-0.39, 0.29) is 5.91 Å².